The van der Waals surface area contributed by atoms with Gasteiger partial charge in [-0.2, -0.15) is 4.98 Å². The van der Waals surface area contributed by atoms with Crippen molar-refractivity contribution in [1.82, 2.24) is 20.1 Å². The Hall–Kier alpha value is -1.30. The largest absolute Gasteiger partial charge is 0.368 e. The number of hydrogen-bond acceptors (Lipinski definition) is 5. The molecular formula is C10H22N6. The smallest absolute Gasteiger partial charge is 0.243 e. The third-order valence-corrected chi connectivity index (χ3v) is 2.48. The standard InChI is InChI=1S/C10H22N6/c1-7(2)16(8(3)4)6-5-12-10-13-9(11)14-15-10/h7-8H,5-6H2,1-4H3,(H4,11,12,13,14,15). The lowest BCUT2D eigenvalue weighted by atomic mass is 10.2. The monoisotopic (exact) mass is 226 g/mol. The highest BCUT2D eigenvalue weighted by molar-refractivity contribution is 5.29. The van der Waals surface area contributed by atoms with E-state index >= 15 is 0 Å². The van der Waals surface area contributed by atoms with Crippen molar-refractivity contribution in [2.24, 2.45) is 0 Å². The fourth-order valence-electron chi connectivity index (χ4n) is 1.76. The summed E-state index contributed by atoms with van der Waals surface area (Å²) in [5.41, 5.74) is 5.43. The predicted octanol–water partition coefficient (Wildman–Crippen LogP) is 0.918. The van der Waals surface area contributed by atoms with E-state index in [-0.39, 0.29) is 0 Å². The number of hydrogen-bond donors (Lipinski definition) is 3. The summed E-state index contributed by atoms with van der Waals surface area (Å²) in [6.07, 6.45) is 0. The van der Waals surface area contributed by atoms with Gasteiger partial charge in [0, 0.05) is 25.2 Å². The molecule has 0 saturated carbocycles. The SMILES string of the molecule is CC(C)N(CCNc1n[nH]c(N)n1)C(C)C. The van der Waals surface area contributed by atoms with Gasteiger partial charge in [0.05, 0.1) is 0 Å². The van der Waals surface area contributed by atoms with Gasteiger partial charge in [0.25, 0.3) is 0 Å². The summed E-state index contributed by atoms with van der Waals surface area (Å²) in [4.78, 5) is 6.38. The molecule has 0 aliphatic carbocycles. The topological polar surface area (TPSA) is 82.9 Å². The van der Waals surface area contributed by atoms with Crippen molar-refractivity contribution in [3.05, 3.63) is 0 Å². The highest BCUT2D eigenvalue weighted by Crippen LogP contribution is 2.04. The van der Waals surface area contributed by atoms with Crippen molar-refractivity contribution in [2.75, 3.05) is 24.1 Å². The number of aromatic nitrogens is 3. The van der Waals surface area contributed by atoms with Gasteiger partial charge >= 0.3 is 0 Å². The maximum Gasteiger partial charge on any atom is 0.243 e. The summed E-state index contributed by atoms with van der Waals surface area (Å²) < 4.78 is 0. The van der Waals surface area contributed by atoms with Gasteiger partial charge in [-0.3, -0.25) is 4.90 Å². The van der Waals surface area contributed by atoms with E-state index in [1.165, 1.54) is 0 Å². The molecule has 0 saturated heterocycles. The van der Waals surface area contributed by atoms with Gasteiger partial charge < -0.3 is 11.1 Å². The van der Waals surface area contributed by atoms with Crippen LogP contribution >= 0.6 is 0 Å². The summed E-state index contributed by atoms with van der Waals surface area (Å²) in [5.74, 6) is 0.900. The van der Waals surface area contributed by atoms with E-state index in [0.29, 0.717) is 24.0 Å². The molecule has 0 radical (unpaired) electrons. The van der Waals surface area contributed by atoms with Crippen molar-refractivity contribution in [1.29, 1.82) is 0 Å². The number of anilines is 2. The lowest BCUT2D eigenvalue weighted by molar-refractivity contribution is 0.182. The van der Waals surface area contributed by atoms with Gasteiger partial charge in [0.2, 0.25) is 11.9 Å². The number of nitrogen functional groups attached to an aromatic ring is 1. The van der Waals surface area contributed by atoms with Crippen LogP contribution in [-0.2, 0) is 0 Å². The van der Waals surface area contributed by atoms with Crippen LogP contribution in [0.3, 0.4) is 0 Å². The van der Waals surface area contributed by atoms with Crippen molar-refractivity contribution < 1.29 is 0 Å². The molecule has 0 atom stereocenters. The molecule has 0 aromatic carbocycles. The Labute approximate surface area is 96.6 Å². The molecular weight excluding hydrogens is 204 g/mol. The zero-order valence-corrected chi connectivity index (χ0v) is 10.5. The highest BCUT2D eigenvalue weighted by atomic mass is 15.3. The molecule has 6 heteroatoms. The van der Waals surface area contributed by atoms with Crippen LogP contribution in [0, 0.1) is 0 Å². The summed E-state index contributed by atoms with van der Waals surface area (Å²) >= 11 is 0. The Kier molecular flexibility index (Phi) is 4.54. The van der Waals surface area contributed by atoms with Crippen LogP contribution < -0.4 is 11.1 Å². The first-order chi connectivity index (χ1) is 7.50. The van der Waals surface area contributed by atoms with E-state index in [2.05, 4.69) is 53.1 Å². The molecule has 0 unspecified atom stereocenters. The number of rotatable bonds is 6. The number of aromatic amines is 1. The minimum Gasteiger partial charge on any atom is -0.368 e. The Morgan fingerprint density at radius 3 is 2.38 bits per heavy atom. The van der Waals surface area contributed by atoms with Gasteiger partial charge in [-0.05, 0) is 27.7 Å². The van der Waals surface area contributed by atoms with E-state index in [9.17, 15) is 0 Å². The van der Waals surface area contributed by atoms with E-state index in [1.807, 2.05) is 0 Å². The molecule has 0 spiro atoms. The zero-order valence-electron chi connectivity index (χ0n) is 10.5. The Balaban J connectivity index is 2.33. The number of nitrogens with one attached hydrogen (secondary N) is 2. The number of H-pyrrole nitrogens is 1. The van der Waals surface area contributed by atoms with Crippen molar-refractivity contribution in [3.8, 4) is 0 Å². The summed E-state index contributed by atoms with van der Waals surface area (Å²) in [6, 6.07) is 1.08. The van der Waals surface area contributed by atoms with Gasteiger partial charge in [-0.25, -0.2) is 5.10 Å². The summed E-state index contributed by atoms with van der Waals surface area (Å²) in [6.45, 7) is 10.6. The second kappa shape index (κ2) is 5.69. The highest BCUT2D eigenvalue weighted by Gasteiger charge is 2.12. The second-order valence-corrected chi connectivity index (χ2v) is 4.40. The normalized spacial score (nSPS) is 11.7. The van der Waals surface area contributed by atoms with E-state index in [1.54, 1.807) is 0 Å². The van der Waals surface area contributed by atoms with Crippen molar-refractivity contribution in [2.45, 2.75) is 39.8 Å². The third kappa shape index (κ3) is 3.69. The minimum absolute atomic E-state index is 0.340. The summed E-state index contributed by atoms with van der Waals surface area (Å²) in [5, 5.41) is 9.63. The lowest BCUT2D eigenvalue weighted by Gasteiger charge is -2.30. The zero-order chi connectivity index (χ0) is 12.1. The molecule has 1 aromatic rings. The molecule has 0 aliphatic rings. The molecule has 1 aromatic heterocycles. The van der Waals surface area contributed by atoms with Crippen molar-refractivity contribution >= 4 is 11.9 Å². The molecule has 6 nitrogen and oxygen atoms in total. The molecule has 1 heterocycles. The quantitative estimate of drug-likeness (QED) is 0.672. The van der Waals surface area contributed by atoms with Gasteiger partial charge in [-0.1, -0.05) is 0 Å². The predicted molar refractivity (Wildman–Crippen MR) is 66.3 cm³/mol. The Morgan fingerprint density at radius 2 is 1.94 bits per heavy atom. The average Bonchev–Trinajstić information content (AvgIpc) is 2.57. The fraction of sp³-hybridized carbons (Fsp3) is 0.800. The van der Waals surface area contributed by atoms with Crippen LogP contribution in [0.15, 0.2) is 0 Å². The van der Waals surface area contributed by atoms with Gasteiger partial charge in [-0.15, -0.1) is 5.10 Å². The Morgan fingerprint density at radius 1 is 1.31 bits per heavy atom. The van der Waals surface area contributed by atoms with Gasteiger partial charge in [0.15, 0.2) is 0 Å². The van der Waals surface area contributed by atoms with E-state index in [4.69, 9.17) is 5.73 Å². The third-order valence-electron chi connectivity index (χ3n) is 2.48. The first-order valence-electron chi connectivity index (χ1n) is 5.68. The molecule has 0 aliphatic heterocycles. The molecule has 0 amide bonds. The number of nitrogens with zero attached hydrogens (tertiary/aromatic N) is 3. The molecule has 92 valence electrons. The maximum atomic E-state index is 5.43. The van der Waals surface area contributed by atoms with Crippen LogP contribution in [0.2, 0.25) is 0 Å². The molecule has 4 N–H and O–H groups in total. The van der Waals surface area contributed by atoms with Crippen LogP contribution in [-0.4, -0.2) is 45.3 Å². The van der Waals surface area contributed by atoms with Crippen LogP contribution in [0.1, 0.15) is 27.7 Å². The molecule has 1 rings (SSSR count). The molecule has 0 fully saturated rings. The maximum absolute atomic E-state index is 5.43. The van der Waals surface area contributed by atoms with Crippen LogP contribution in [0.5, 0.6) is 0 Å². The summed E-state index contributed by atoms with van der Waals surface area (Å²) in [7, 11) is 0. The van der Waals surface area contributed by atoms with Gasteiger partial charge in [0.1, 0.15) is 0 Å². The lowest BCUT2D eigenvalue weighted by Crippen LogP contribution is -2.40. The van der Waals surface area contributed by atoms with Crippen molar-refractivity contribution in [3.63, 3.8) is 0 Å². The van der Waals surface area contributed by atoms with Crippen LogP contribution in [0.4, 0.5) is 11.9 Å². The molecule has 16 heavy (non-hydrogen) atoms. The van der Waals surface area contributed by atoms with E-state index in [0.717, 1.165) is 13.1 Å². The minimum atomic E-state index is 0.340. The first-order valence-corrected chi connectivity index (χ1v) is 5.68. The fourth-order valence-corrected chi connectivity index (χ4v) is 1.76. The number of nitrogens with two attached hydrogens (primary N) is 1. The van der Waals surface area contributed by atoms with E-state index < -0.39 is 0 Å². The Bertz CT molecular complexity index is 298. The van der Waals surface area contributed by atoms with Crippen LogP contribution in [0.25, 0.3) is 0 Å². The molecule has 0 bridgehead atoms. The second-order valence-electron chi connectivity index (χ2n) is 4.40. The first kappa shape index (κ1) is 12.8. The average molecular weight is 226 g/mol.